The third-order valence-corrected chi connectivity index (χ3v) is 5.17. The van der Waals surface area contributed by atoms with Gasteiger partial charge in [-0.3, -0.25) is 4.79 Å². The van der Waals surface area contributed by atoms with Gasteiger partial charge in [-0.25, -0.2) is 8.78 Å². The number of carbonyl (C=O) groups is 1. The normalized spacial score (nSPS) is 15.0. The monoisotopic (exact) mass is 474 g/mol. The Hall–Kier alpha value is -3.49. The number of benzene rings is 2. The van der Waals surface area contributed by atoms with Gasteiger partial charge in [0.15, 0.2) is 5.71 Å². The summed E-state index contributed by atoms with van der Waals surface area (Å²) in [6.45, 7) is 7.23. The topological polar surface area (TPSA) is 75.5 Å². The molecule has 1 heterocycles. The number of hydrogen-bond acceptors (Lipinski definition) is 6. The Morgan fingerprint density at radius 1 is 1.15 bits per heavy atom. The van der Waals surface area contributed by atoms with E-state index < -0.39 is 5.92 Å². The van der Waals surface area contributed by atoms with Crippen LogP contribution in [0.2, 0.25) is 0 Å². The minimum atomic E-state index is -2.63. The van der Waals surface area contributed by atoms with Crippen LogP contribution in [-0.2, 0) is 21.1 Å². The third kappa shape index (κ3) is 6.52. The average Bonchev–Trinajstić information content (AvgIpc) is 2.82. The first kappa shape index (κ1) is 26.8. The highest BCUT2D eigenvalue weighted by atomic mass is 19.3. The van der Waals surface area contributed by atoms with Gasteiger partial charge in [-0.1, -0.05) is 54.5 Å². The summed E-state index contributed by atoms with van der Waals surface area (Å²) in [5, 5.41) is 10.6. The van der Waals surface area contributed by atoms with E-state index in [4.69, 9.17) is 9.68 Å². The molecular formula is C25H32F2N4O3. The molecule has 2 aromatic rings. The molecule has 1 amide bonds. The van der Waals surface area contributed by atoms with Gasteiger partial charge >= 0.3 is 0 Å². The van der Waals surface area contributed by atoms with E-state index in [9.17, 15) is 13.6 Å². The molecule has 0 aromatic heterocycles. The molecule has 1 saturated heterocycles. The largest absolute Gasteiger partial charge is 0.398 e. The fourth-order valence-electron chi connectivity index (χ4n) is 3.41. The molecule has 0 radical (unpaired) electrons. The molecule has 0 bridgehead atoms. The van der Waals surface area contributed by atoms with E-state index >= 15 is 0 Å². The average molecular weight is 475 g/mol. The van der Waals surface area contributed by atoms with E-state index in [2.05, 4.69) is 15.6 Å². The number of halogens is 2. The Balaban J connectivity index is 0.00000199. The second-order valence-corrected chi connectivity index (χ2v) is 7.52. The summed E-state index contributed by atoms with van der Waals surface area (Å²) in [4.78, 5) is 24.3. The Morgan fingerprint density at radius 3 is 2.44 bits per heavy atom. The number of alkyl halides is 2. The highest BCUT2D eigenvalue weighted by Crippen LogP contribution is 2.32. The molecule has 1 aliphatic heterocycles. The summed E-state index contributed by atoms with van der Waals surface area (Å²) in [5.41, 5.74) is 4.47. The van der Waals surface area contributed by atoms with E-state index in [0.717, 1.165) is 22.4 Å². The van der Waals surface area contributed by atoms with Gasteiger partial charge in [0, 0.05) is 29.4 Å². The first-order valence-corrected chi connectivity index (χ1v) is 11.1. The predicted octanol–water partition coefficient (Wildman–Crippen LogP) is 4.51. The number of aryl methyl sites for hydroxylation is 1. The van der Waals surface area contributed by atoms with Crippen molar-refractivity contribution in [1.82, 2.24) is 5.32 Å². The fraction of sp³-hybridized carbons (Fsp3) is 0.400. The summed E-state index contributed by atoms with van der Waals surface area (Å²) in [7, 11) is 2.89. The van der Waals surface area contributed by atoms with Gasteiger partial charge in [-0.15, -0.1) is 0 Å². The first-order valence-electron chi connectivity index (χ1n) is 11.1. The molecule has 34 heavy (non-hydrogen) atoms. The summed E-state index contributed by atoms with van der Waals surface area (Å²) in [5.74, 6) is -3.01. The first-order chi connectivity index (χ1) is 16.3. The maximum absolute atomic E-state index is 13.2. The molecule has 9 heteroatoms. The molecule has 184 valence electrons. The van der Waals surface area contributed by atoms with E-state index in [1.807, 2.05) is 45.0 Å². The summed E-state index contributed by atoms with van der Waals surface area (Å²) in [6.07, 6.45) is 0. The van der Waals surface area contributed by atoms with Gasteiger partial charge in [-0.05, 0) is 31.5 Å². The molecule has 1 aliphatic rings. The van der Waals surface area contributed by atoms with E-state index in [-0.39, 0.29) is 31.3 Å². The lowest BCUT2D eigenvalue weighted by Gasteiger charge is -2.40. The molecule has 0 spiro atoms. The number of anilines is 1. The second kappa shape index (κ2) is 12.1. The second-order valence-electron chi connectivity index (χ2n) is 7.52. The van der Waals surface area contributed by atoms with Crippen LogP contribution < -0.4 is 10.2 Å². The van der Waals surface area contributed by atoms with Crippen molar-refractivity contribution in [2.75, 3.05) is 32.1 Å². The van der Waals surface area contributed by atoms with Crippen LogP contribution in [0.3, 0.4) is 0 Å². The lowest BCUT2D eigenvalue weighted by atomic mass is 9.98. The highest BCUT2D eigenvalue weighted by Gasteiger charge is 2.43. The smallest absolute Gasteiger partial charge is 0.282 e. The number of oxime groups is 2. The van der Waals surface area contributed by atoms with Crippen molar-refractivity contribution in [3.05, 3.63) is 64.7 Å². The molecule has 0 unspecified atom stereocenters. The van der Waals surface area contributed by atoms with Crippen LogP contribution in [-0.4, -0.2) is 50.5 Å². The molecule has 7 nitrogen and oxygen atoms in total. The van der Waals surface area contributed by atoms with Crippen LogP contribution in [0.5, 0.6) is 0 Å². The molecular weight excluding hydrogens is 442 g/mol. The SMILES string of the molecule is CC.CNC(=O)/C(=N/OC)c1cccc(C)c1CO/N=C(\C)c1cccc(N2CC(F)(F)C2)c1. The minimum absolute atomic E-state index is 0.108. The number of amides is 1. The minimum Gasteiger partial charge on any atom is -0.398 e. The van der Waals surface area contributed by atoms with E-state index in [0.29, 0.717) is 11.3 Å². The van der Waals surface area contributed by atoms with Crippen molar-refractivity contribution < 1.29 is 23.3 Å². The van der Waals surface area contributed by atoms with Crippen molar-refractivity contribution >= 4 is 23.0 Å². The lowest BCUT2D eigenvalue weighted by molar-refractivity contribution is -0.114. The Kier molecular flexibility index (Phi) is 9.53. The van der Waals surface area contributed by atoms with Crippen molar-refractivity contribution in [1.29, 1.82) is 0 Å². The quantitative estimate of drug-likeness (QED) is 0.451. The van der Waals surface area contributed by atoms with Crippen LogP contribution in [0, 0.1) is 6.92 Å². The molecule has 0 atom stereocenters. The van der Waals surface area contributed by atoms with Gasteiger partial charge in [0.1, 0.15) is 13.7 Å². The van der Waals surface area contributed by atoms with Gasteiger partial charge < -0.3 is 19.9 Å². The van der Waals surface area contributed by atoms with Gasteiger partial charge in [0.2, 0.25) is 0 Å². The van der Waals surface area contributed by atoms with Gasteiger partial charge in [-0.2, -0.15) is 0 Å². The Labute approximate surface area is 199 Å². The zero-order valence-corrected chi connectivity index (χ0v) is 20.5. The third-order valence-electron chi connectivity index (χ3n) is 5.17. The summed E-state index contributed by atoms with van der Waals surface area (Å²) < 4.78 is 26.4. The van der Waals surface area contributed by atoms with Crippen LogP contribution >= 0.6 is 0 Å². The number of hydrogen-bond donors (Lipinski definition) is 1. The number of carbonyl (C=O) groups excluding carboxylic acids is 1. The van der Waals surface area contributed by atoms with Crippen molar-refractivity contribution in [3.63, 3.8) is 0 Å². The number of rotatable bonds is 8. The standard InChI is InChI=1S/C23H26F2N4O3.C2H6/c1-15-7-5-10-19(21(28-31-4)22(30)26-3)20(15)12-32-27-16(2)17-8-6-9-18(11-17)29-13-23(24,25)14-29;1-2/h5-11H,12-14H2,1-4H3,(H,26,30);1-2H3/b27-16+,28-21+;. The molecule has 0 saturated carbocycles. The summed E-state index contributed by atoms with van der Waals surface area (Å²) in [6, 6.07) is 12.7. The lowest BCUT2D eigenvalue weighted by Crippen LogP contribution is -2.56. The summed E-state index contributed by atoms with van der Waals surface area (Å²) >= 11 is 0. The van der Waals surface area contributed by atoms with Crippen molar-refractivity contribution in [3.8, 4) is 0 Å². The van der Waals surface area contributed by atoms with Crippen LogP contribution in [0.1, 0.15) is 43.0 Å². The van der Waals surface area contributed by atoms with Crippen LogP contribution in [0.4, 0.5) is 14.5 Å². The molecule has 2 aromatic carbocycles. The van der Waals surface area contributed by atoms with Crippen molar-refractivity contribution in [2.24, 2.45) is 10.3 Å². The zero-order chi connectivity index (χ0) is 25.3. The Bertz CT molecular complexity index is 1050. The number of likely N-dealkylation sites (N-methyl/N-ethyl adjacent to an activating group) is 1. The zero-order valence-electron chi connectivity index (χ0n) is 20.5. The highest BCUT2D eigenvalue weighted by molar-refractivity contribution is 6.45. The maximum atomic E-state index is 13.2. The molecule has 0 aliphatic carbocycles. The fourth-order valence-corrected chi connectivity index (χ4v) is 3.41. The molecule has 1 fully saturated rings. The predicted molar refractivity (Wildman–Crippen MR) is 131 cm³/mol. The number of nitrogens with one attached hydrogen (secondary N) is 1. The van der Waals surface area contributed by atoms with Crippen molar-refractivity contribution in [2.45, 2.75) is 40.2 Å². The Morgan fingerprint density at radius 2 is 1.82 bits per heavy atom. The number of nitrogens with zero attached hydrogens (tertiary/aromatic N) is 3. The molecule has 3 rings (SSSR count). The van der Waals surface area contributed by atoms with E-state index in [1.54, 1.807) is 30.0 Å². The maximum Gasteiger partial charge on any atom is 0.282 e. The van der Waals surface area contributed by atoms with Crippen LogP contribution in [0.15, 0.2) is 52.8 Å². The van der Waals surface area contributed by atoms with Crippen LogP contribution in [0.25, 0.3) is 0 Å². The van der Waals surface area contributed by atoms with Gasteiger partial charge in [0.05, 0.1) is 18.8 Å². The van der Waals surface area contributed by atoms with Gasteiger partial charge in [0.25, 0.3) is 11.8 Å². The molecule has 1 N–H and O–H groups in total. The van der Waals surface area contributed by atoms with E-state index in [1.165, 1.54) is 14.2 Å².